The average Bonchev–Trinajstić information content (AvgIpc) is 3.04. The Hall–Kier alpha value is -2.51. The van der Waals surface area contributed by atoms with Gasteiger partial charge in [0.1, 0.15) is 11.5 Å². The average molecular weight is 299 g/mol. The zero-order valence-corrected chi connectivity index (χ0v) is 11.9. The third-order valence-corrected chi connectivity index (χ3v) is 3.66. The molecule has 1 amide bonds. The van der Waals surface area contributed by atoms with E-state index < -0.39 is 0 Å². The molecule has 0 saturated heterocycles. The number of nitrogens with zero attached hydrogens (tertiary/aromatic N) is 2. The van der Waals surface area contributed by atoms with Crippen molar-refractivity contribution < 1.29 is 4.79 Å². The van der Waals surface area contributed by atoms with Crippen LogP contribution in [-0.2, 0) is 6.54 Å². The molecular weight excluding hydrogens is 286 g/mol. The Morgan fingerprint density at radius 1 is 1.33 bits per heavy atom. The van der Waals surface area contributed by atoms with Crippen molar-refractivity contribution in [3.63, 3.8) is 0 Å². The second kappa shape index (κ2) is 5.86. The number of hydrogen-bond acceptors (Lipinski definition) is 6. The van der Waals surface area contributed by atoms with Gasteiger partial charge in [0.2, 0.25) is 0 Å². The lowest BCUT2D eigenvalue weighted by molar-refractivity contribution is 0.0946. The highest BCUT2D eigenvalue weighted by molar-refractivity contribution is 7.07. The summed E-state index contributed by atoms with van der Waals surface area (Å²) < 4.78 is 0. The minimum atomic E-state index is -0.259. The van der Waals surface area contributed by atoms with Gasteiger partial charge in [0.15, 0.2) is 0 Å². The molecule has 0 fully saturated rings. The highest BCUT2D eigenvalue weighted by Crippen LogP contribution is 2.21. The molecule has 0 unspecified atom stereocenters. The predicted octanol–water partition coefficient (Wildman–Crippen LogP) is 1.91. The molecule has 0 spiro atoms. The highest BCUT2D eigenvalue weighted by Gasteiger charge is 2.11. The van der Waals surface area contributed by atoms with Crippen molar-refractivity contribution in [2.45, 2.75) is 6.54 Å². The van der Waals surface area contributed by atoms with Crippen molar-refractivity contribution >= 4 is 33.8 Å². The molecule has 6 nitrogen and oxygen atoms in total. The number of carbonyl (C=O) groups is 1. The van der Waals surface area contributed by atoms with Crippen molar-refractivity contribution in [3.05, 3.63) is 52.6 Å². The summed E-state index contributed by atoms with van der Waals surface area (Å²) in [5.41, 5.74) is 5.40. The van der Waals surface area contributed by atoms with Gasteiger partial charge in [0.25, 0.3) is 5.91 Å². The van der Waals surface area contributed by atoms with Gasteiger partial charge in [-0.1, -0.05) is 24.3 Å². The predicted molar refractivity (Wildman–Crippen MR) is 82.8 cm³/mol. The molecule has 2 heterocycles. The number of nitrogens with two attached hydrogens (primary N) is 1. The Kier molecular flexibility index (Phi) is 3.76. The van der Waals surface area contributed by atoms with Gasteiger partial charge in [-0.05, 0) is 11.5 Å². The number of fused-ring (bicyclic) bond motifs is 1. The second-order valence-electron chi connectivity index (χ2n) is 4.38. The minimum Gasteiger partial charge on any atom is -0.345 e. The number of anilines is 1. The van der Waals surface area contributed by atoms with Crippen LogP contribution >= 0.6 is 11.3 Å². The van der Waals surface area contributed by atoms with Crippen LogP contribution in [0.1, 0.15) is 16.2 Å². The normalized spacial score (nSPS) is 10.5. The fraction of sp³-hybridized carbons (Fsp3) is 0.0714. The van der Waals surface area contributed by atoms with Gasteiger partial charge in [-0.3, -0.25) is 4.79 Å². The smallest absolute Gasteiger partial charge is 0.270 e. The fourth-order valence-electron chi connectivity index (χ4n) is 2.01. The Morgan fingerprint density at radius 2 is 2.19 bits per heavy atom. The van der Waals surface area contributed by atoms with Crippen LogP contribution in [0.5, 0.6) is 0 Å². The Balaban J connectivity index is 1.87. The van der Waals surface area contributed by atoms with E-state index in [1.807, 2.05) is 29.6 Å². The third-order valence-electron chi connectivity index (χ3n) is 3.02. The monoisotopic (exact) mass is 299 g/mol. The fourth-order valence-corrected chi connectivity index (χ4v) is 2.57. The van der Waals surface area contributed by atoms with Gasteiger partial charge >= 0.3 is 0 Å². The summed E-state index contributed by atoms with van der Waals surface area (Å²) in [5.74, 6) is 5.70. The number of aromatic nitrogens is 2. The number of hydrazine groups is 1. The summed E-state index contributed by atoms with van der Waals surface area (Å²) in [6, 6.07) is 9.35. The first kappa shape index (κ1) is 13.5. The van der Waals surface area contributed by atoms with Gasteiger partial charge in [-0.25, -0.2) is 15.8 Å². The van der Waals surface area contributed by atoms with Crippen LogP contribution in [0.15, 0.2) is 41.2 Å². The maximum absolute atomic E-state index is 12.2. The number of thiazole rings is 1. The highest BCUT2D eigenvalue weighted by atomic mass is 32.1. The van der Waals surface area contributed by atoms with Gasteiger partial charge in [-0.15, -0.1) is 11.3 Å². The van der Waals surface area contributed by atoms with E-state index in [1.54, 1.807) is 11.6 Å². The molecule has 0 aliphatic heterocycles. The number of carbonyl (C=O) groups excluding carboxylic acids is 1. The van der Waals surface area contributed by atoms with E-state index in [0.717, 1.165) is 16.5 Å². The van der Waals surface area contributed by atoms with Crippen LogP contribution in [0, 0.1) is 0 Å². The first-order valence-corrected chi connectivity index (χ1v) is 7.24. The molecule has 7 heteroatoms. The van der Waals surface area contributed by atoms with E-state index in [4.69, 9.17) is 5.84 Å². The van der Waals surface area contributed by atoms with Crippen LogP contribution in [0.4, 0.5) is 5.82 Å². The summed E-state index contributed by atoms with van der Waals surface area (Å²) >= 11 is 1.49. The lowest BCUT2D eigenvalue weighted by atomic mass is 10.1. The number of hydrogen-bond donors (Lipinski definition) is 3. The molecule has 3 aromatic rings. The molecule has 0 radical (unpaired) electrons. The van der Waals surface area contributed by atoms with E-state index in [9.17, 15) is 4.79 Å². The quantitative estimate of drug-likeness (QED) is 0.505. The Morgan fingerprint density at radius 3 is 2.95 bits per heavy atom. The SMILES string of the molecule is NNc1nc(C(=O)NCc2cscn2)cc2ccccc12. The summed E-state index contributed by atoms with van der Waals surface area (Å²) in [5, 5.41) is 6.45. The van der Waals surface area contributed by atoms with Crippen molar-refractivity contribution in [1.82, 2.24) is 15.3 Å². The second-order valence-corrected chi connectivity index (χ2v) is 5.10. The molecule has 0 aliphatic carbocycles. The van der Waals surface area contributed by atoms with Crippen molar-refractivity contribution in [2.24, 2.45) is 5.84 Å². The summed E-state index contributed by atoms with van der Waals surface area (Å²) in [6.07, 6.45) is 0. The van der Waals surface area contributed by atoms with Crippen molar-refractivity contribution in [2.75, 3.05) is 5.43 Å². The standard InChI is InChI=1S/C14H13N5OS/c15-19-13-11-4-2-1-3-9(11)5-12(18-13)14(20)16-6-10-7-21-8-17-10/h1-5,7-8H,6,15H2,(H,16,20)(H,18,19). The van der Waals surface area contributed by atoms with Crippen LogP contribution in [0.3, 0.4) is 0 Å². The molecule has 0 aliphatic rings. The van der Waals surface area contributed by atoms with Crippen molar-refractivity contribution in [3.8, 4) is 0 Å². The zero-order valence-electron chi connectivity index (χ0n) is 11.0. The topological polar surface area (TPSA) is 92.9 Å². The van der Waals surface area contributed by atoms with Gasteiger partial charge in [-0.2, -0.15) is 0 Å². The van der Waals surface area contributed by atoms with Gasteiger partial charge in [0.05, 0.1) is 17.7 Å². The maximum atomic E-state index is 12.2. The number of nitrogens with one attached hydrogen (secondary N) is 2. The molecule has 106 valence electrons. The van der Waals surface area contributed by atoms with Gasteiger partial charge in [0, 0.05) is 10.8 Å². The first-order valence-electron chi connectivity index (χ1n) is 6.29. The number of amides is 1. The summed E-state index contributed by atoms with van der Waals surface area (Å²) in [7, 11) is 0. The van der Waals surface area contributed by atoms with E-state index in [1.165, 1.54) is 11.3 Å². The lowest BCUT2D eigenvalue weighted by Crippen LogP contribution is -2.24. The molecule has 3 rings (SSSR count). The van der Waals surface area contributed by atoms with Crippen LogP contribution in [0.25, 0.3) is 10.8 Å². The number of benzene rings is 1. The van der Waals surface area contributed by atoms with Crippen LogP contribution in [-0.4, -0.2) is 15.9 Å². The molecule has 2 aromatic heterocycles. The molecule has 4 N–H and O–H groups in total. The summed E-state index contributed by atoms with van der Waals surface area (Å²) in [6.45, 7) is 0.377. The van der Waals surface area contributed by atoms with E-state index in [0.29, 0.717) is 18.1 Å². The van der Waals surface area contributed by atoms with E-state index >= 15 is 0 Å². The van der Waals surface area contributed by atoms with Crippen molar-refractivity contribution in [1.29, 1.82) is 0 Å². The third kappa shape index (κ3) is 2.83. The van der Waals surface area contributed by atoms with Crippen LogP contribution < -0.4 is 16.6 Å². The summed E-state index contributed by atoms with van der Waals surface area (Å²) in [4.78, 5) is 20.6. The largest absolute Gasteiger partial charge is 0.345 e. The number of rotatable bonds is 4. The zero-order chi connectivity index (χ0) is 14.7. The molecular formula is C14H13N5OS. The Bertz CT molecular complexity index is 772. The maximum Gasteiger partial charge on any atom is 0.270 e. The molecule has 0 saturated carbocycles. The van der Waals surface area contributed by atoms with Gasteiger partial charge < -0.3 is 10.7 Å². The molecule has 1 aromatic carbocycles. The van der Waals surface area contributed by atoms with E-state index in [-0.39, 0.29) is 5.91 Å². The molecule has 21 heavy (non-hydrogen) atoms. The number of nitrogen functional groups attached to an aromatic ring is 1. The van der Waals surface area contributed by atoms with E-state index in [2.05, 4.69) is 20.7 Å². The number of pyridine rings is 1. The Labute approximate surface area is 125 Å². The molecule has 0 bridgehead atoms. The van der Waals surface area contributed by atoms with Crippen LogP contribution in [0.2, 0.25) is 0 Å². The minimum absolute atomic E-state index is 0.259. The first-order chi connectivity index (χ1) is 10.3. The molecule has 0 atom stereocenters. The lowest BCUT2D eigenvalue weighted by Gasteiger charge is -2.08.